The fraction of sp³-hybridized carbons (Fsp3) is 0.357. The number of hydrogen-bond donors (Lipinski definition) is 1. The maximum atomic E-state index is 5.36. The molecule has 0 aliphatic rings. The summed E-state index contributed by atoms with van der Waals surface area (Å²) in [6, 6.07) is 5.85. The molecule has 4 nitrogen and oxygen atoms in total. The van der Waals surface area contributed by atoms with E-state index in [-0.39, 0.29) is 0 Å². The zero-order valence-electron chi connectivity index (χ0n) is 11.4. The SMILES string of the molecule is COc1ccc(CNCc2cnc(C)s2)c(OC)c1. The van der Waals surface area contributed by atoms with E-state index in [4.69, 9.17) is 9.47 Å². The van der Waals surface area contributed by atoms with Crippen molar-refractivity contribution in [3.63, 3.8) is 0 Å². The second-order valence-electron chi connectivity index (χ2n) is 4.13. The lowest BCUT2D eigenvalue weighted by Crippen LogP contribution is -2.12. The molecule has 5 heteroatoms. The number of rotatable bonds is 6. The smallest absolute Gasteiger partial charge is 0.127 e. The third-order valence-electron chi connectivity index (χ3n) is 2.78. The van der Waals surface area contributed by atoms with Gasteiger partial charge in [-0.1, -0.05) is 6.07 Å². The van der Waals surface area contributed by atoms with Gasteiger partial charge in [-0.05, 0) is 13.0 Å². The van der Waals surface area contributed by atoms with Gasteiger partial charge in [0.2, 0.25) is 0 Å². The highest BCUT2D eigenvalue weighted by Gasteiger charge is 2.05. The van der Waals surface area contributed by atoms with Crippen LogP contribution in [-0.2, 0) is 13.1 Å². The number of thiazole rings is 1. The van der Waals surface area contributed by atoms with Crippen molar-refractivity contribution < 1.29 is 9.47 Å². The summed E-state index contributed by atoms with van der Waals surface area (Å²) in [7, 11) is 3.32. The summed E-state index contributed by atoms with van der Waals surface area (Å²) in [6.45, 7) is 3.59. The van der Waals surface area contributed by atoms with Crippen molar-refractivity contribution >= 4 is 11.3 Å². The number of ether oxygens (including phenoxy) is 2. The van der Waals surface area contributed by atoms with E-state index in [1.807, 2.05) is 31.3 Å². The molecule has 0 bridgehead atoms. The molecule has 1 aromatic carbocycles. The first kappa shape index (κ1) is 13.8. The van der Waals surface area contributed by atoms with Gasteiger partial charge in [-0.25, -0.2) is 4.98 Å². The highest BCUT2D eigenvalue weighted by atomic mass is 32.1. The lowest BCUT2D eigenvalue weighted by Gasteiger charge is -2.10. The predicted octanol–water partition coefficient (Wildman–Crippen LogP) is 2.76. The first-order valence-corrected chi connectivity index (χ1v) is 6.87. The van der Waals surface area contributed by atoms with Crippen LogP contribution < -0.4 is 14.8 Å². The van der Waals surface area contributed by atoms with E-state index in [2.05, 4.69) is 10.3 Å². The molecule has 0 saturated carbocycles. The summed E-state index contributed by atoms with van der Waals surface area (Å²) in [5.41, 5.74) is 1.12. The van der Waals surface area contributed by atoms with Gasteiger partial charge in [0.05, 0.1) is 19.2 Å². The van der Waals surface area contributed by atoms with E-state index in [9.17, 15) is 0 Å². The van der Waals surface area contributed by atoms with E-state index >= 15 is 0 Å². The molecule has 19 heavy (non-hydrogen) atoms. The van der Waals surface area contributed by atoms with Crippen LogP contribution in [0.2, 0.25) is 0 Å². The third kappa shape index (κ3) is 3.68. The lowest BCUT2D eigenvalue weighted by atomic mass is 10.2. The number of nitrogens with zero attached hydrogens (tertiary/aromatic N) is 1. The minimum absolute atomic E-state index is 0.754. The van der Waals surface area contributed by atoms with Crippen LogP contribution in [0, 0.1) is 6.92 Å². The number of benzene rings is 1. The first-order valence-electron chi connectivity index (χ1n) is 6.06. The van der Waals surface area contributed by atoms with E-state index in [1.165, 1.54) is 4.88 Å². The average Bonchev–Trinajstić information content (AvgIpc) is 2.84. The summed E-state index contributed by atoms with van der Waals surface area (Å²) in [6.07, 6.45) is 1.91. The molecule has 0 spiro atoms. The molecule has 1 N–H and O–H groups in total. The van der Waals surface area contributed by atoms with Gasteiger partial charge in [0.1, 0.15) is 11.5 Å². The molecule has 0 fully saturated rings. The maximum absolute atomic E-state index is 5.36. The zero-order chi connectivity index (χ0) is 13.7. The second kappa shape index (κ2) is 6.54. The lowest BCUT2D eigenvalue weighted by molar-refractivity contribution is 0.390. The molecule has 0 radical (unpaired) electrons. The van der Waals surface area contributed by atoms with Gasteiger partial charge in [0.25, 0.3) is 0 Å². The Morgan fingerprint density at radius 1 is 1.21 bits per heavy atom. The number of aromatic nitrogens is 1. The Morgan fingerprint density at radius 3 is 2.68 bits per heavy atom. The Morgan fingerprint density at radius 2 is 2.05 bits per heavy atom. The molecule has 0 aliphatic heterocycles. The largest absolute Gasteiger partial charge is 0.497 e. The Bertz CT molecular complexity index is 540. The highest BCUT2D eigenvalue weighted by molar-refractivity contribution is 7.11. The Labute approximate surface area is 117 Å². The topological polar surface area (TPSA) is 43.4 Å². The quantitative estimate of drug-likeness (QED) is 0.882. The van der Waals surface area contributed by atoms with Crippen molar-refractivity contribution in [2.24, 2.45) is 0 Å². The normalized spacial score (nSPS) is 10.5. The highest BCUT2D eigenvalue weighted by Crippen LogP contribution is 2.24. The van der Waals surface area contributed by atoms with Crippen LogP contribution in [0.3, 0.4) is 0 Å². The molecule has 2 aromatic rings. The summed E-state index contributed by atoms with van der Waals surface area (Å²) in [5.74, 6) is 1.64. The fourth-order valence-electron chi connectivity index (χ4n) is 1.81. The van der Waals surface area contributed by atoms with E-state index < -0.39 is 0 Å². The van der Waals surface area contributed by atoms with Crippen molar-refractivity contribution in [3.05, 3.63) is 39.8 Å². The van der Waals surface area contributed by atoms with Crippen molar-refractivity contribution in [1.82, 2.24) is 10.3 Å². The number of methoxy groups -OCH3 is 2. The summed E-state index contributed by atoms with van der Waals surface area (Å²) >= 11 is 1.71. The minimum atomic E-state index is 0.754. The van der Waals surface area contributed by atoms with E-state index in [0.717, 1.165) is 35.2 Å². The number of hydrogen-bond acceptors (Lipinski definition) is 5. The summed E-state index contributed by atoms with van der Waals surface area (Å²) < 4.78 is 10.5. The van der Waals surface area contributed by atoms with Crippen LogP contribution in [-0.4, -0.2) is 19.2 Å². The van der Waals surface area contributed by atoms with Crippen molar-refractivity contribution in [1.29, 1.82) is 0 Å². The molecule has 0 aliphatic carbocycles. The number of aryl methyl sites for hydroxylation is 1. The van der Waals surface area contributed by atoms with Crippen LogP contribution >= 0.6 is 11.3 Å². The predicted molar refractivity (Wildman–Crippen MR) is 76.9 cm³/mol. The fourth-order valence-corrected chi connectivity index (χ4v) is 2.57. The average molecular weight is 278 g/mol. The van der Waals surface area contributed by atoms with Gasteiger partial charge < -0.3 is 14.8 Å². The van der Waals surface area contributed by atoms with Crippen molar-refractivity contribution in [2.75, 3.05) is 14.2 Å². The van der Waals surface area contributed by atoms with Crippen molar-refractivity contribution in [2.45, 2.75) is 20.0 Å². The zero-order valence-corrected chi connectivity index (χ0v) is 12.2. The second-order valence-corrected chi connectivity index (χ2v) is 5.45. The molecular weight excluding hydrogens is 260 g/mol. The van der Waals surface area contributed by atoms with Gasteiger partial charge in [0.15, 0.2) is 0 Å². The Kier molecular flexibility index (Phi) is 4.76. The summed E-state index contributed by atoms with van der Waals surface area (Å²) in [4.78, 5) is 5.48. The van der Waals surface area contributed by atoms with Crippen LogP contribution in [0.1, 0.15) is 15.4 Å². The van der Waals surface area contributed by atoms with Gasteiger partial charge in [0, 0.05) is 35.8 Å². The molecule has 102 valence electrons. The maximum Gasteiger partial charge on any atom is 0.127 e. The molecule has 1 aromatic heterocycles. The van der Waals surface area contributed by atoms with Gasteiger partial charge in [-0.3, -0.25) is 0 Å². The summed E-state index contributed by atoms with van der Waals surface area (Å²) in [5, 5.41) is 4.49. The van der Waals surface area contributed by atoms with Crippen LogP contribution in [0.25, 0.3) is 0 Å². The number of nitrogens with one attached hydrogen (secondary N) is 1. The third-order valence-corrected chi connectivity index (χ3v) is 3.69. The molecule has 0 saturated heterocycles. The Balaban J connectivity index is 1.95. The van der Waals surface area contributed by atoms with Crippen molar-refractivity contribution in [3.8, 4) is 11.5 Å². The standard InChI is InChI=1S/C14H18N2O2S/c1-10-16-9-13(19-10)8-15-7-11-4-5-12(17-2)6-14(11)18-3/h4-6,9,15H,7-8H2,1-3H3. The Hall–Kier alpha value is -1.59. The van der Waals surface area contributed by atoms with E-state index in [1.54, 1.807) is 25.6 Å². The van der Waals surface area contributed by atoms with Gasteiger partial charge >= 0.3 is 0 Å². The van der Waals surface area contributed by atoms with E-state index in [0.29, 0.717) is 0 Å². The van der Waals surface area contributed by atoms with Crippen LogP contribution in [0.15, 0.2) is 24.4 Å². The molecule has 0 amide bonds. The molecule has 0 atom stereocenters. The molecule has 0 unspecified atom stereocenters. The minimum Gasteiger partial charge on any atom is -0.497 e. The van der Waals surface area contributed by atoms with Crippen LogP contribution in [0.5, 0.6) is 11.5 Å². The first-order chi connectivity index (χ1) is 9.22. The van der Waals surface area contributed by atoms with Gasteiger partial charge in [-0.2, -0.15) is 0 Å². The van der Waals surface area contributed by atoms with Crippen LogP contribution in [0.4, 0.5) is 0 Å². The molecule has 1 heterocycles. The molecular formula is C14H18N2O2S. The van der Waals surface area contributed by atoms with Gasteiger partial charge in [-0.15, -0.1) is 11.3 Å². The molecule has 2 rings (SSSR count). The monoisotopic (exact) mass is 278 g/mol.